The summed E-state index contributed by atoms with van der Waals surface area (Å²) in [5, 5.41) is 10.4. The van der Waals surface area contributed by atoms with Crippen LogP contribution in [0.3, 0.4) is 0 Å². The molecule has 3 heteroatoms. The van der Waals surface area contributed by atoms with E-state index in [1.165, 1.54) is 6.07 Å². The van der Waals surface area contributed by atoms with Crippen molar-refractivity contribution in [2.45, 2.75) is 18.6 Å². The van der Waals surface area contributed by atoms with E-state index in [0.29, 0.717) is 6.61 Å². The van der Waals surface area contributed by atoms with Gasteiger partial charge >= 0.3 is 0 Å². The highest BCUT2D eigenvalue weighted by molar-refractivity contribution is 5.34. The first-order chi connectivity index (χ1) is 9.27. The molecule has 0 bridgehead atoms. The lowest BCUT2D eigenvalue weighted by atomic mass is 9.91. The fourth-order valence-electron chi connectivity index (χ4n) is 2.56. The minimum Gasteiger partial charge on any atom is -0.385 e. The average Bonchev–Trinajstić information content (AvgIpc) is 2.46. The Hall–Kier alpha value is -1.71. The molecule has 0 fully saturated rings. The summed E-state index contributed by atoms with van der Waals surface area (Å²) < 4.78 is 19.4. The maximum Gasteiger partial charge on any atom is 0.129 e. The van der Waals surface area contributed by atoms with E-state index in [2.05, 4.69) is 0 Å². The van der Waals surface area contributed by atoms with Crippen molar-refractivity contribution in [2.24, 2.45) is 0 Å². The van der Waals surface area contributed by atoms with E-state index in [1.54, 1.807) is 18.2 Å². The lowest BCUT2D eigenvalue weighted by Gasteiger charge is -2.30. The number of rotatable bonds is 2. The summed E-state index contributed by atoms with van der Waals surface area (Å²) in [6, 6.07) is 14.1. The Labute approximate surface area is 111 Å². The number of fused-ring (bicyclic) bond motifs is 1. The summed E-state index contributed by atoms with van der Waals surface area (Å²) in [6.45, 7) is 0.549. The smallest absolute Gasteiger partial charge is 0.129 e. The van der Waals surface area contributed by atoms with Crippen molar-refractivity contribution in [3.8, 4) is 0 Å². The Kier molecular flexibility index (Phi) is 3.32. The van der Waals surface area contributed by atoms with E-state index in [4.69, 9.17) is 4.74 Å². The van der Waals surface area contributed by atoms with Crippen LogP contribution in [0.5, 0.6) is 0 Å². The molecule has 98 valence electrons. The Morgan fingerprint density at radius 2 is 1.84 bits per heavy atom. The largest absolute Gasteiger partial charge is 0.385 e. The molecule has 2 aromatic carbocycles. The standard InChI is InChI=1S/C16H15FO2/c17-14-8-4-3-7-13(14)15(18)16-12-6-2-1-5-11(12)9-10-19-16/h1-8,15-16,18H,9-10H2. The predicted molar refractivity (Wildman–Crippen MR) is 70.2 cm³/mol. The highest BCUT2D eigenvalue weighted by Gasteiger charge is 2.29. The van der Waals surface area contributed by atoms with Gasteiger partial charge in [-0.2, -0.15) is 0 Å². The van der Waals surface area contributed by atoms with Crippen LogP contribution in [0.1, 0.15) is 28.9 Å². The first-order valence-electron chi connectivity index (χ1n) is 6.39. The van der Waals surface area contributed by atoms with Crippen molar-refractivity contribution < 1.29 is 14.2 Å². The van der Waals surface area contributed by atoms with Crippen molar-refractivity contribution in [1.82, 2.24) is 0 Å². The van der Waals surface area contributed by atoms with Crippen LogP contribution < -0.4 is 0 Å². The van der Waals surface area contributed by atoms with Crippen LogP contribution >= 0.6 is 0 Å². The van der Waals surface area contributed by atoms with Gasteiger partial charge in [0.05, 0.1) is 6.61 Å². The zero-order valence-electron chi connectivity index (χ0n) is 10.4. The van der Waals surface area contributed by atoms with Gasteiger partial charge in [0.2, 0.25) is 0 Å². The van der Waals surface area contributed by atoms with Gasteiger partial charge in [-0.25, -0.2) is 4.39 Å². The van der Waals surface area contributed by atoms with Gasteiger partial charge in [0, 0.05) is 5.56 Å². The molecule has 3 rings (SSSR count). The molecule has 0 saturated heterocycles. The number of ether oxygens (including phenoxy) is 1. The molecule has 0 radical (unpaired) electrons. The highest BCUT2D eigenvalue weighted by Crippen LogP contribution is 2.37. The number of benzene rings is 2. The summed E-state index contributed by atoms with van der Waals surface area (Å²) in [6.07, 6.45) is -0.652. The molecule has 0 aliphatic carbocycles. The van der Waals surface area contributed by atoms with Crippen LogP contribution in [0, 0.1) is 5.82 Å². The first-order valence-corrected chi connectivity index (χ1v) is 6.39. The van der Waals surface area contributed by atoms with Gasteiger partial charge in [-0.1, -0.05) is 42.5 Å². The second kappa shape index (κ2) is 5.11. The van der Waals surface area contributed by atoms with Crippen molar-refractivity contribution in [1.29, 1.82) is 0 Å². The lowest BCUT2D eigenvalue weighted by Crippen LogP contribution is -2.22. The molecule has 1 aliphatic heterocycles. The SMILES string of the molecule is OC(c1ccccc1F)C1OCCc2ccccc21. The topological polar surface area (TPSA) is 29.5 Å². The fourth-order valence-corrected chi connectivity index (χ4v) is 2.56. The van der Waals surface area contributed by atoms with Crippen LogP contribution in [-0.4, -0.2) is 11.7 Å². The van der Waals surface area contributed by atoms with Crippen molar-refractivity contribution in [3.63, 3.8) is 0 Å². The van der Waals surface area contributed by atoms with Crippen LogP contribution in [-0.2, 0) is 11.2 Å². The molecule has 0 saturated carbocycles. The minimum absolute atomic E-state index is 0.282. The van der Waals surface area contributed by atoms with Gasteiger partial charge in [0.25, 0.3) is 0 Å². The molecule has 1 heterocycles. The lowest BCUT2D eigenvalue weighted by molar-refractivity contribution is -0.0495. The Morgan fingerprint density at radius 3 is 2.68 bits per heavy atom. The van der Waals surface area contributed by atoms with Crippen molar-refractivity contribution in [2.75, 3.05) is 6.61 Å². The number of halogens is 1. The molecule has 2 atom stereocenters. The zero-order valence-corrected chi connectivity index (χ0v) is 10.4. The van der Waals surface area contributed by atoms with Crippen molar-refractivity contribution >= 4 is 0 Å². The highest BCUT2D eigenvalue weighted by atomic mass is 19.1. The van der Waals surface area contributed by atoms with E-state index in [0.717, 1.165) is 17.5 Å². The van der Waals surface area contributed by atoms with E-state index in [9.17, 15) is 9.50 Å². The summed E-state index contributed by atoms with van der Waals surface area (Å²) >= 11 is 0. The summed E-state index contributed by atoms with van der Waals surface area (Å²) in [4.78, 5) is 0. The molecular formula is C16H15FO2. The third-order valence-electron chi connectivity index (χ3n) is 3.54. The monoisotopic (exact) mass is 258 g/mol. The maximum absolute atomic E-state index is 13.8. The Bertz CT molecular complexity index is 582. The zero-order chi connectivity index (χ0) is 13.2. The normalized spacial score (nSPS) is 19.8. The van der Waals surface area contributed by atoms with Crippen LogP contribution in [0.15, 0.2) is 48.5 Å². The molecule has 1 N–H and O–H groups in total. The molecule has 2 unspecified atom stereocenters. The summed E-state index contributed by atoms with van der Waals surface area (Å²) in [7, 11) is 0. The van der Waals surface area contributed by atoms with E-state index < -0.39 is 18.0 Å². The molecular weight excluding hydrogens is 243 g/mol. The average molecular weight is 258 g/mol. The van der Waals surface area contributed by atoms with Crippen LogP contribution in [0.4, 0.5) is 4.39 Å². The third-order valence-corrected chi connectivity index (χ3v) is 3.54. The van der Waals surface area contributed by atoms with E-state index >= 15 is 0 Å². The first kappa shape index (κ1) is 12.3. The fraction of sp³-hybridized carbons (Fsp3) is 0.250. The van der Waals surface area contributed by atoms with Gasteiger partial charge < -0.3 is 9.84 Å². The number of aliphatic hydroxyl groups excluding tert-OH is 1. The third kappa shape index (κ3) is 2.27. The number of hydrogen-bond acceptors (Lipinski definition) is 2. The molecule has 1 aliphatic rings. The number of aliphatic hydroxyl groups is 1. The van der Waals surface area contributed by atoms with E-state index in [1.807, 2.05) is 24.3 Å². The Balaban J connectivity index is 1.98. The summed E-state index contributed by atoms with van der Waals surface area (Å²) in [5.41, 5.74) is 2.39. The van der Waals surface area contributed by atoms with Gasteiger partial charge in [0.15, 0.2) is 0 Å². The van der Waals surface area contributed by atoms with Crippen molar-refractivity contribution in [3.05, 3.63) is 71.0 Å². The summed E-state index contributed by atoms with van der Waals surface area (Å²) in [5.74, 6) is -0.401. The molecule has 2 nitrogen and oxygen atoms in total. The van der Waals surface area contributed by atoms with Gasteiger partial charge in [-0.15, -0.1) is 0 Å². The van der Waals surface area contributed by atoms with Gasteiger partial charge in [0.1, 0.15) is 18.0 Å². The Morgan fingerprint density at radius 1 is 1.11 bits per heavy atom. The van der Waals surface area contributed by atoms with Crippen LogP contribution in [0.25, 0.3) is 0 Å². The molecule has 0 amide bonds. The maximum atomic E-state index is 13.8. The number of hydrogen-bond donors (Lipinski definition) is 1. The molecule has 0 aromatic heterocycles. The molecule has 19 heavy (non-hydrogen) atoms. The quantitative estimate of drug-likeness (QED) is 0.896. The second-order valence-corrected chi connectivity index (χ2v) is 4.71. The van der Waals surface area contributed by atoms with Gasteiger partial charge in [-0.05, 0) is 23.6 Å². The van der Waals surface area contributed by atoms with E-state index in [-0.39, 0.29) is 5.56 Å². The predicted octanol–water partition coefficient (Wildman–Crippen LogP) is 3.17. The van der Waals surface area contributed by atoms with Gasteiger partial charge in [-0.3, -0.25) is 0 Å². The van der Waals surface area contributed by atoms with Crippen LogP contribution in [0.2, 0.25) is 0 Å². The molecule has 2 aromatic rings. The second-order valence-electron chi connectivity index (χ2n) is 4.71. The minimum atomic E-state index is -0.984. The molecule has 0 spiro atoms.